The quantitative estimate of drug-likeness (QED) is 0.837. The first kappa shape index (κ1) is 14.8. The van der Waals surface area contributed by atoms with Crippen molar-refractivity contribution in [1.29, 1.82) is 0 Å². The van der Waals surface area contributed by atoms with E-state index in [4.69, 9.17) is 9.84 Å². The second kappa shape index (κ2) is 7.84. The predicted octanol–water partition coefficient (Wildman–Crippen LogP) is 0.438. The number of carbonyl (C=O) groups excluding carboxylic acids is 1. The Morgan fingerprint density at radius 2 is 2.00 bits per heavy atom. The van der Waals surface area contributed by atoms with Gasteiger partial charge in [-0.15, -0.1) is 0 Å². The van der Waals surface area contributed by atoms with E-state index < -0.39 is 0 Å². The highest BCUT2D eigenvalue weighted by Crippen LogP contribution is 2.07. The van der Waals surface area contributed by atoms with Gasteiger partial charge in [0.25, 0.3) is 0 Å². The fraction of sp³-hybridized carbons (Fsp3) is 0.500. The summed E-state index contributed by atoms with van der Waals surface area (Å²) in [5.41, 5.74) is 0.961. The number of rotatable bonds is 4. The Morgan fingerprint density at radius 3 is 2.75 bits per heavy atom. The van der Waals surface area contributed by atoms with Gasteiger partial charge in [0.15, 0.2) is 0 Å². The van der Waals surface area contributed by atoms with Crippen molar-refractivity contribution in [2.75, 3.05) is 39.3 Å². The molecule has 1 heterocycles. The van der Waals surface area contributed by atoms with Crippen molar-refractivity contribution in [3.8, 4) is 0 Å². The van der Waals surface area contributed by atoms with Crippen LogP contribution in [0.15, 0.2) is 30.3 Å². The molecule has 0 saturated carbocycles. The summed E-state index contributed by atoms with van der Waals surface area (Å²) in [5, 5.41) is 15.7. The predicted molar refractivity (Wildman–Crippen MR) is 74.9 cm³/mol. The van der Waals surface area contributed by atoms with E-state index >= 15 is 0 Å². The van der Waals surface area contributed by atoms with Crippen LogP contribution in [0.3, 0.4) is 0 Å². The van der Waals surface area contributed by atoms with Gasteiger partial charge in [-0.25, -0.2) is 14.8 Å². The molecule has 6 nitrogen and oxygen atoms in total. The molecule has 110 valence electrons. The molecule has 0 aromatic heterocycles. The standard InChI is InChI=1S/C14H21N3O3/c18-11-10-16-8-6-15-7-9-17(16)14(19)20-12-13-4-2-1-3-5-13/h1-5,15,18H,6-12H2. The van der Waals surface area contributed by atoms with Gasteiger partial charge in [0.2, 0.25) is 0 Å². The molecular formula is C14H21N3O3. The van der Waals surface area contributed by atoms with Crippen molar-refractivity contribution in [2.45, 2.75) is 6.61 Å². The number of aliphatic hydroxyl groups excluding tert-OH is 1. The van der Waals surface area contributed by atoms with E-state index in [1.165, 1.54) is 0 Å². The van der Waals surface area contributed by atoms with Gasteiger partial charge in [0, 0.05) is 26.2 Å². The normalized spacial score (nSPS) is 16.8. The third kappa shape index (κ3) is 4.19. The summed E-state index contributed by atoms with van der Waals surface area (Å²) in [7, 11) is 0. The van der Waals surface area contributed by atoms with E-state index in [0.717, 1.165) is 18.7 Å². The number of benzene rings is 1. The van der Waals surface area contributed by atoms with E-state index in [1.54, 1.807) is 5.01 Å². The van der Waals surface area contributed by atoms with Crippen LogP contribution in [0.4, 0.5) is 4.79 Å². The topological polar surface area (TPSA) is 65.0 Å². The Kier molecular flexibility index (Phi) is 5.79. The van der Waals surface area contributed by atoms with Crippen LogP contribution in [0.1, 0.15) is 5.56 Å². The van der Waals surface area contributed by atoms with Gasteiger partial charge in [-0.1, -0.05) is 30.3 Å². The first-order valence-electron chi connectivity index (χ1n) is 6.86. The molecule has 20 heavy (non-hydrogen) atoms. The lowest BCUT2D eigenvalue weighted by Crippen LogP contribution is -2.48. The maximum atomic E-state index is 12.2. The highest BCUT2D eigenvalue weighted by molar-refractivity contribution is 5.67. The molecule has 1 fully saturated rings. The lowest BCUT2D eigenvalue weighted by molar-refractivity contribution is -0.0236. The van der Waals surface area contributed by atoms with Crippen molar-refractivity contribution < 1.29 is 14.6 Å². The molecule has 0 bridgehead atoms. The molecule has 1 amide bonds. The summed E-state index contributed by atoms with van der Waals surface area (Å²) in [6.07, 6.45) is -0.369. The van der Waals surface area contributed by atoms with Gasteiger partial charge >= 0.3 is 6.09 Å². The van der Waals surface area contributed by atoms with Gasteiger partial charge in [-0.2, -0.15) is 0 Å². The molecular weight excluding hydrogens is 258 g/mol. The summed E-state index contributed by atoms with van der Waals surface area (Å²) in [5.74, 6) is 0. The summed E-state index contributed by atoms with van der Waals surface area (Å²) >= 11 is 0. The number of hydrogen-bond donors (Lipinski definition) is 2. The summed E-state index contributed by atoms with van der Waals surface area (Å²) in [4.78, 5) is 12.2. The summed E-state index contributed by atoms with van der Waals surface area (Å²) in [6.45, 7) is 3.46. The summed E-state index contributed by atoms with van der Waals surface area (Å²) in [6, 6.07) is 9.59. The van der Waals surface area contributed by atoms with Crippen molar-refractivity contribution in [2.24, 2.45) is 0 Å². The van der Waals surface area contributed by atoms with Gasteiger partial charge in [0.05, 0.1) is 13.2 Å². The van der Waals surface area contributed by atoms with Crippen LogP contribution >= 0.6 is 0 Å². The van der Waals surface area contributed by atoms with E-state index in [2.05, 4.69) is 5.32 Å². The average Bonchev–Trinajstić information content (AvgIpc) is 2.72. The monoisotopic (exact) mass is 279 g/mol. The Labute approximate surface area is 118 Å². The molecule has 6 heteroatoms. The smallest absolute Gasteiger partial charge is 0.424 e. The molecule has 1 aliphatic heterocycles. The third-order valence-corrected chi connectivity index (χ3v) is 3.16. The number of hydrogen-bond acceptors (Lipinski definition) is 5. The van der Waals surface area contributed by atoms with Crippen LogP contribution < -0.4 is 5.32 Å². The number of nitrogens with zero attached hydrogens (tertiary/aromatic N) is 2. The van der Waals surface area contributed by atoms with Gasteiger partial charge < -0.3 is 15.2 Å². The van der Waals surface area contributed by atoms with Crippen molar-refractivity contribution in [3.05, 3.63) is 35.9 Å². The van der Waals surface area contributed by atoms with Crippen LogP contribution in [-0.2, 0) is 11.3 Å². The number of amides is 1. The zero-order valence-electron chi connectivity index (χ0n) is 11.5. The molecule has 1 aliphatic rings. The fourth-order valence-electron chi connectivity index (χ4n) is 2.13. The van der Waals surface area contributed by atoms with Gasteiger partial charge in [-0.3, -0.25) is 0 Å². The average molecular weight is 279 g/mol. The van der Waals surface area contributed by atoms with Crippen LogP contribution in [-0.4, -0.2) is 60.5 Å². The lowest BCUT2D eigenvalue weighted by atomic mass is 10.2. The molecule has 1 saturated heterocycles. The molecule has 0 atom stereocenters. The largest absolute Gasteiger partial charge is 0.444 e. The van der Waals surface area contributed by atoms with E-state index in [0.29, 0.717) is 19.6 Å². The fourth-order valence-corrected chi connectivity index (χ4v) is 2.13. The van der Waals surface area contributed by atoms with Crippen molar-refractivity contribution >= 4 is 6.09 Å². The van der Waals surface area contributed by atoms with Crippen molar-refractivity contribution in [1.82, 2.24) is 15.3 Å². The van der Waals surface area contributed by atoms with E-state index in [1.807, 2.05) is 35.3 Å². The third-order valence-electron chi connectivity index (χ3n) is 3.16. The van der Waals surface area contributed by atoms with E-state index in [9.17, 15) is 4.79 Å². The van der Waals surface area contributed by atoms with Gasteiger partial charge in [0.1, 0.15) is 6.61 Å². The number of nitrogens with one attached hydrogen (secondary N) is 1. The SMILES string of the molecule is O=C(OCc1ccccc1)N1CCNCCN1CCO. The number of hydrazine groups is 1. The Morgan fingerprint density at radius 1 is 1.25 bits per heavy atom. The zero-order chi connectivity index (χ0) is 14.2. The minimum Gasteiger partial charge on any atom is -0.444 e. The molecule has 2 rings (SSSR count). The zero-order valence-corrected chi connectivity index (χ0v) is 11.5. The molecule has 0 unspecified atom stereocenters. The molecule has 0 aliphatic carbocycles. The van der Waals surface area contributed by atoms with Crippen LogP contribution in [0.5, 0.6) is 0 Å². The number of aliphatic hydroxyl groups is 1. The van der Waals surface area contributed by atoms with Crippen LogP contribution in [0, 0.1) is 0 Å². The Bertz CT molecular complexity index is 413. The Balaban J connectivity index is 1.91. The summed E-state index contributed by atoms with van der Waals surface area (Å²) < 4.78 is 5.34. The highest BCUT2D eigenvalue weighted by atomic mass is 16.6. The lowest BCUT2D eigenvalue weighted by Gasteiger charge is -2.31. The molecule has 0 spiro atoms. The minimum atomic E-state index is -0.369. The second-order valence-electron chi connectivity index (χ2n) is 4.59. The number of ether oxygens (including phenoxy) is 1. The highest BCUT2D eigenvalue weighted by Gasteiger charge is 2.23. The van der Waals surface area contributed by atoms with Crippen LogP contribution in [0.2, 0.25) is 0 Å². The molecule has 1 aromatic carbocycles. The van der Waals surface area contributed by atoms with Crippen molar-refractivity contribution in [3.63, 3.8) is 0 Å². The molecule has 0 radical (unpaired) electrons. The first-order valence-corrected chi connectivity index (χ1v) is 6.86. The van der Waals surface area contributed by atoms with Gasteiger partial charge in [-0.05, 0) is 5.56 Å². The second-order valence-corrected chi connectivity index (χ2v) is 4.59. The minimum absolute atomic E-state index is 0.0163. The van der Waals surface area contributed by atoms with E-state index in [-0.39, 0.29) is 19.3 Å². The molecule has 1 aromatic rings. The van der Waals surface area contributed by atoms with Crippen LogP contribution in [0.25, 0.3) is 0 Å². The Hall–Kier alpha value is -1.63. The number of β-amino-alcohol motifs (C(OH)–C–C–N with tert-alkyl or cyclic N) is 1. The number of carbonyl (C=O) groups is 1. The maximum absolute atomic E-state index is 12.2. The molecule has 2 N–H and O–H groups in total. The maximum Gasteiger partial charge on any atom is 0.424 e. The first-order chi connectivity index (χ1) is 9.81.